The lowest BCUT2D eigenvalue weighted by Crippen LogP contribution is -2.46. The number of allylic oxidation sites excluding steroid dienone is 1. The molecule has 2 N–H and O–H groups in total. The first kappa shape index (κ1) is 13.7. The summed E-state index contributed by atoms with van der Waals surface area (Å²) in [5.41, 5.74) is 3.55. The van der Waals surface area contributed by atoms with Gasteiger partial charge in [-0.1, -0.05) is 30.3 Å². The average molecular weight is 286 g/mol. The van der Waals surface area contributed by atoms with Gasteiger partial charge in [-0.3, -0.25) is 0 Å². The summed E-state index contributed by atoms with van der Waals surface area (Å²) in [6.45, 7) is 0.955. The Kier molecular flexibility index (Phi) is 3.64. The molecule has 0 bridgehead atoms. The normalized spacial score (nSPS) is 20.1. The van der Waals surface area contributed by atoms with Crippen molar-refractivity contribution in [1.29, 1.82) is 0 Å². The van der Waals surface area contributed by atoms with Gasteiger partial charge in [0.05, 0.1) is 0 Å². The van der Waals surface area contributed by atoms with Crippen LogP contribution in [-0.2, 0) is 11.2 Å². The highest BCUT2D eigenvalue weighted by molar-refractivity contribution is 5.85. The predicted octanol–water partition coefficient (Wildman–Crippen LogP) is 1.88. The van der Waals surface area contributed by atoms with Crippen LogP contribution in [0, 0.1) is 0 Å². The molecule has 21 heavy (non-hydrogen) atoms. The number of urea groups is 1. The summed E-state index contributed by atoms with van der Waals surface area (Å²) in [7, 11) is 0. The first-order valence-corrected chi connectivity index (χ1v) is 7.21. The van der Waals surface area contributed by atoms with Gasteiger partial charge in [-0.15, -0.1) is 0 Å². The summed E-state index contributed by atoms with van der Waals surface area (Å²) in [4.78, 5) is 24.7. The standard InChI is InChI=1S/C16H18N2O3/c19-15(20)14-6-3-9-18(14)16(21)17-10-12-8-7-11-4-1-2-5-13(11)12/h1-2,4-5,8,14H,3,6-7,9-10H2,(H,17,21)(H,19,20). The van der Waals surface area contributed by atoms with E-state index in [1.165, 1.54) is 16.0 Å². The number of nitrogens with one attached hydrogen (secondary N) is 1. The van der Waals surface area contributed by atoms with Crippen LogP contribution in [0.25, 0.3) is 5.57 Å². The number of hydrogen-bond acceptors (Lipinski definition) is 2. The molecule has 110 valence electrons. The Morgan fingerprint density at radius 3 is 2.95 bits per heavy atom. The average Bonchev–Trinajstić information content (AvgIpc) is 3.12. The van der Waals surface area contributed by atoms with Gasteiger partial charge in [0, 0.05) is 13.1 Å². The number of rotatable bonds is 3. The Morgan fingerprint density at radius 2 is 2.14 bits per heavy atom. The van der Waals surface area contributed by atoms with E-state index in [4.69, 9.17) is 5.11 Å². The topological polar surface area (TPSA) is 69.6 Å². The zero-order valence-electron chi connectivity index (χ0n) is 11.7. The number of likely N-dealkylation sites (tertiary alicyclic amines) is 1. The quantitative estimate of drug-likeness (QED) is 0.891. The summed E-state index contributed by atoms with van der Waals surface area (Å²) < 4.78 is 0. The van der Waals surface area contributed by atoms with Gasteiger partial charge in [-0.25, -0.2) is 9.59 Å². The molecule has 0 spiro atoms. The summed E-state index contributed by atoms with van der Waals surface area (Å²) in [5, 5.41) is 12.0. The zero-order valence-corrected chi connectivity index (χ0v) is 11.7. The van der Waals surface area contributed by atoms with E-state index in [0.717, 1.165) is 18.4 Å². The smallest absolute Gasteiger partial charge is 0.326 e. The summed E-state index contributed by atoms with van der Waals surface area (Å²) in [6.07, 6.45) is 4.29. The highest BCUT2D eigenvalue weighted by Crippen LogP contribution is 2.26. The van der Waals surface area contributed by atoms with E-state index in [-0.39, 0.29) is 6.03 Å². The van der Waals surface area contributed by atoms with E-state index in [0.29, 0.717) is 19.5 Å². The van der Waals surface area contributed by atoms with Crippen molar-refractivity contribution in [2.45, 2.75) is 25.3 Å². The second-order valence-electron chi connectivity index (χ2n) is 5.44. The van der Waals surface area contributed by atoms with Crippen molar-refractivity contribution in [2.24, 2.45) is 0 Å². The van der Waals surface area contributed by atoms with E-state index in [9.17, 15) is 9.59 Å². The lowest BCUT2D eigenvalue weighted by Gasteiger charge is -2.22. The van der Waals surface area contributed by atoms with E-state index >= 15 is 0 Å². The SMILES string of the molecule is O=C(O)C1CCCN1C(=O)NCC1=CCc2ccccc21. The fraction of sp³-hybridized carbons (Fsp3) is 0.375. The number of fused-ring (bicyclic) bond motifs is 1. The molecule has 1 fully saturated rings. The molecule has 1 aromatic rings. The Balaban J connectivity index is 1.61. The third-order valence-electron chi connectivity index (χ3n) is 4.16. The molecular weight excluding hydrogens is 268 g/mol. The van der Waals surface area contributed by atoms with Crippen molar-refractivity contribution >= 4 is 17.6 Å². The van der Waals surface area contributed by atoms with Crippen LogP contribution in [0.4, 0.5) is 4.79 Å². The maximum atomic E-state index is 12.2. The van der Waals surface area contributed by atoms with Gasteiger partial charge in [-0.05, 0) is 36.0 Å². The fourth-order valence-electron chi connectivity index (χ4n) is 3.06. The second-order valence-corrected chi connectivity index (χ2v) is 5.44. The highest BCUT2D eigenvalue weighted by Gasteiger charge is 2.33. The Morgan fingerprint density at radius 1 is 1.33 bits per heavy atom. The number of carboxylic acid groups (broad SMARTS) is 1. The number of carbonyl (C=O) groups is 2. The van der Waals surface area contributed by atoms with Crippen LogP contribution in [0.15, 0.2) is 30.3 Å². The van der Waals surface area contributed by atoms with Crippen molar-refractivity contribution in [3.05, 3.63) is 41.5 Å². The van der Waals surface area contributed by atoms with Gasteiger partial charge in [-0.2, -0.15) is 0 Å². The molecule has 1 saturated heterocycles. The number of amides is 2. The van der Waals surface area contributed by atoms with Crippen molar-refractivity contribution in [1.82, 2.24) is 10.2 Å². The first-order valence-electron chi connectivity index (χ1n) is 7.21. The molecular formula is C16H18N2O3. The molecule has 2 amide bonds. The summed E-state index contributed by atoms with van der Waals surface area (Å²) >= 11 is 0. The first-order chi connectivity index (χ1) is 10.2. The number of benzene rings is 1. The molecule has 5 heteroatoms. The molecule has 0 saturated carbocycles. The third-order valence-corrected chi connectivity index (χ3v) is 4.16. The number of nitrogens with zero attached hydrogens (tertiary/aromatic N) is 1. The molecule has 2 aliphatic rings. The molecule has 0 aromatic heterocycles. The van der Waals surface area contributed by atoms with Gasteiger partial charge in [0.25, 0.3) is 0 Å². The Bertz CT molecular complexity index is 609. The van der Waals surface area contributed by atoms with E-state index in [1.807, 2.05) is 12.1 Å². The van der Waals surface area contributed by atoms with Gasteiger partial charge in [0.15, 0.2) is 0 Å². The minimum Gasteiger partial charge on any atom is -0.480 e. The largest absolute Gasteiger partial charge is 0.480 e. The molecule has 0 radical (unpaired) electrons. The van der Waals surface area contributed by atoms with Crippen LogP contribution < -0.4 is 5.32 Å². The molecule has 1 aliphatic heterocycles. The molecule has 1 heterocycles. The predicted molar refractivity (Wildman–Crippen MR) is 78.9 cm³/mol. The minimum absolute atomic E-state index is 0.287. The Hall–Kier alpha value is -2.30. The molecule has 1 aromatic carbocycles. The lowest BCUT2D eigenvalue weighted by atomic mass is 10.1. The zero-order chi connectivity index (χ0) is 14.8. The maximum absolute atomic E-state index is 12.2. The molecule has 3 rings (SSSR count). The van der Waals surface area contributed by atoms with Crippen molar-refractivity contribution < 1.29 is 14.7 Å². The van der Waals surface area contributed by atoms with Crippen LogP contribution in [-0.4, -0.2) is 41.1 Å². The molecule has 1 unspecified atom stereocenters. The number of aliphatic carboxylic acids is 1. The van der Waals surface area contributed by atoms with E-state index in [1.54, 1.807) is 0 Å². The maximum Gasteiger partial charge on any atom is 0.326 e. The van der Waals surface area contributed by atoms with Gasteiger partial charge < -0.3 is 15.3 Å². The lowest BCUT2D eigenvalue weighted by molar-refractivity contribution is -0.141. The monoisotopic (exact) mass is 286 g/mol. The van der Waals surface area contributed by atoms with Crippen molar-refractivity contribution in [3.63, 3.8) is 0 Å². The van der Waals surface area contributed by atoms with Gasteiger partial charge in [0.1, 0.15) is 6.04 Å². The highest BCUT2D eigenvalue weighted by atomic mass is 16.4. The summed E-state index contributed by atoms with van der Waals surface area (Å²) in [5.74, 6) is -0.923. The van der Waals surface area contributed by atoms with Crippen LogP contribution in [0.3, 0.4) is 0 Å². The van der Waals surface area contributed by atoms with Gasteiger partial charge >= 0.3 is 12.0 Å². The van der Waals surface area contributed by atoms with Gasteiger partial charge in [0.2, 0.25) is 0 Å². The minimum atomic E-state index is -0.923. The van der Waals surface area contributed by atoms with Crippen molar-refractivity contribution in [2.75, 3.05) is 13.1 Å². The molecule has 1 aliphatic carbocycles. The van der Waals surface area contributed by atoms with Crippen LogP contribution in [0.2, 0.25) is 0 Å². The number of carboxylic acids is 1. The number of carbonyl (C=O) groups excluding carboxylic acids is 1. The molecule has 1 atom stereocenters. The van der Waals surface area contributed by atoms with Crippen LogP contribution in [0.1, 0.15) is 24.0 Å². The van der Waals surface area contributed by atoms with Crippen LogP contribution in [0.5, 0.6) is 0 Å². The van der Waals surface area contributed by atoms with Crippen LogP contribution >= 0.6 is 0 Å². The molecule has 5 nitrogen and oxygen atoms in total. The van der Waals surface area contributed by atoms with E-state index < -0.39 is 12.0 Å². The summed E-state index contributed by atoms with van der Waals surface area (Å²) in [6, 6.07) is 7.16. The Labute approximate surface area is 123 Å². The second kappa shape index (κ2) is 5.60. The van der Waals surface area contributed by atoms with E-state index in [2.05, 4.69) is 23.5 Å². The van der Waals surface area contributed by atoms with Crippen molar-refractivity contribution in [3.8, 4) is 0 Å². The fourth-order valence-corrected chi connectivity index (χ4v) is 3.06. The third kappa shape index (κ3) is 2.63. The number of hydrogen-bond donors (Lipinski definition) is 2.